The zero-order chi connectivity index (χ0) is 17.6. The van der Waals surface area contributed by atoms with E-state index in [0.29, 0.717) is 0 Å². The number of rotatable bonds is 7. The maximum atomic E-state index is 12.1. The highest BCUT2D eigenvalue weighted by Gasteiger charge is 2.28. The highest BCUT2D eigenvalue weighted by Crippen LogP contribution is 2.20. The van der Waals surface area contributed by atoms with Crippen molar-refractivity contribution in [2.24, 2.45) is 5.41 Å². The lowest BCUT2D eigenvalue weighted by Gasteiger charge is -2.22. The van der Waals surface area contributed by atoms with E-state index in [9.17, 15) is 14.4 Å². The van der Waals surface area contributed by atoms with Gasteiger partial charge in [0, 0.05) is 17.9 Å². The van der Waals surface area contributed by atoms with Crippen LogP contribution >= 0.6 is 15.9 Å². The number of amides is 2. The largest absolute Gasteiger partial charge is 0.481 e. The van der Waals surface area contributed by atoms with Crippen LogP contribution in [0.1, 0.15) is 38.8 Å². The standard InChI is InChI=1S/C16H21BrN2O4/c1-10(20)19-13(11-4-6-12(17)7-5-11)8-14(21)18-9-16(2,3)15(22)23/h4-7,13H,8-9H2,1-3H3,(H,18,21)(H,19,20)(H,22,23). The molecule has 23 heavy (non-hydrogen) atoms. The Bertz CT molecular complexity index is 584. The molecule has 1 aromatic rings. The number of carboxylic acid groups (broad SMARTS) is 1. The number of hydrogen-bond acceptors (Lipinski definition) is 3. The van der Waals surface area contributed by atoms with Crippen molar-refractivity contribution in [3.8, 4) is 0 Å². The minimum atomic E-state index is -1.04. The lowest BCUT2D eigenvalue weighted by Crippen LogP contribution is -2.40. The van der Waals surface area contributed by atoms with Crippen LogP contribution in [0.4, 0.5) is 0 Å². The number of nitrogens with one attached hydrogen (secondary N) is 2. The van der Waals surface area contributed by atoms with E-state index in [1.165, 1.54) is 20.8 Å². The van der Waals surface area contributed by atoms with Crippen LogP contribution in [-0.4, -0.2) is 29.4 Å². The average Bonchev–Trinajstić information content (AvgIpc) is 2.44. The molecule has 0 heterocycles. The van der Waals surface area contributed by atoms with Crippen LogP contribution < -0.4 is 10.6 Å². The predicted octanol–water partition coefficient (Wildman–Crippen LogP) is 2.24. The lowest BCUT2D eigenvalue weighted by atomic mass is 9.93. The maximum absolute atomic E-state index is 12.1. The summed E-state index contributed by atoms with van der Waals surface area (Å²) in [7, 11) is 0. The molecule has 0 saturated heterocycles. The topological polar surface area (TPSA) is 95.5 Å². The Hall–Kier alpha value is -1.89. The highest BCUT2D eigenvalue weighted by molar-refractivity contribution is 9.10. The molecule has 0 saturated carbocycles. The van der Waals surface area contributed by atoms with Crippen molar-refractivity contribution in [2.75, 3.05) is 6.54 Å². The van der Waals surface area contributed by atoms with Crippen LogP contribution in [0.5, 0.6) is 0 Å². The molecular weight excluding hydrogens is 364 g/mol. The quantitative estimate of drug-likeness (QED) is 0.671. The molecule has 3 N–H and O–H groups in total. The fourth-order valence-electron chi connectivity index (χ4n) is 1.85. The summed E-state index contributed by atoms with van der Waals surface area (Å²) in [6.07, 6.45) is 0.0386. The first-order chi connectivity index (χ1) is 10.6. The SMILES string of the molecule is CC(=O)NC(CC(=O)NCC(C)(C)C(=O)O)c1ccc(Br)cc1. The zero-order valence-corrected chi connectivity index (χ0v) is 14.9. The van der Waals surface area contributed by atoms with Crippen molar-refractivity contribution in [3.05, 3.63) is 34.3 Å². The summed E-state index contributed by atoms with van der Waals surface area (Å²) in [4.78, 5) is 34.5. The average molecular weight is 385 g/mol. The summed E-state index contributed by atoms with van der Waals surface area (Å²) < 4.78 is 0.899. The van der Waals surface area contributed by atoms with Gasteiger partial charge in [-0.15, -0.1) is 0 Å². The summed E-state index contributed by atoms with van der Waals surface area (Å²) in [5, 5.41) is 14.4. The predicted molar refractivity (Wildman–Crippen MR) is 89.7 cm³/mol. The minimum absolute atomic E-state index is 0.0221. The Morgan fingerprint density at radius 1 is 1.22 bits per heavy atom. The molecule has 0 aliphatic heterocycles. The van der Waals surface area contributed by atoms with E-state index in [1.807, 2.05) is 24.3 Å². The van der Waals surface area contributed by atoms with E-state index in [0.717, 1.165) is 10.0 Å². The minimum Gasteiger partial charge on any atom is -0.481 e. The van der Waals surface area contributed by atoms with Crippen LogP contribution in [0, 0.1) is 5.41 Å². The van der Waals surface area contributed by atoms with E-state index in [4.69, 9.17) is 5.11 Å². The first-order valence-electron chi connectivity index (χ1n) is 7.14. The van der Waals surface area contributed by atoms with Gasteiger partial charge >= 0.3 is 5.97 Å². The Morgan fingerprint density at radius 3 is 2.26 bits per heavy atom. The van der Waals surface area contributed by atoms with Gasteiger partial charge in [0.2, 0.25) is 11.8 Å². The molecule has 7 heteroatoms. The third-order valence-electron chi connectivity index (χ3n) is 3.35. The number of benzene rings is 1. The second-order valence-electron chi connectivity index (χ2n) is 5.97. The number of carbonyl (C=O) groups excluding carboxylic acids is 2. The summed E-state index contributed by atoms with van der Waals surface area (Å²) in [5.74, 6) is -1.54. The van der Waals surface area contributed by atoms with Gasteiger partial charge in [-0.3, -0.25) is 14.4 Å². The van der Waals surface area contributed by atoms with Crippen LogP contribution in [0.15, 0.2) is 28.7 Å². The van der Waals surface area contributed by atoms with Gasteiger partial charge in [-0.05, 0) is 31.5 Å². The van der Waals surface area contributed by atoms with E-state index in [1.54, 1.807) is 0 Å². The second kappa shape index (κ2) is 8.10. The van der Waals surface area contributed by atoms with Gasteiger partial charge in [-0.2, -0.15) is 0 Å². The number of aliphatic carboxylic acids is 1. The van der Waals surface area contributed by atoms with E-state index in [-0.39, 0.29) is 24.8 Å². The number of hydrogen-bond donors (Lipinski definition) is 3. The summed E-state index contributed by atoms with van der Waals surface area (Å²) in [6, 6.07) is 6.83. The van der Waals surface area contributed by atoms with E-state index >= 15 is 0 Å². The van der Waals surface area contributed by atoms with Gasteiger partial charge in [0.05, 0.1) is 17.9 Å². The number of carbonyl (C=O) groups is 3. The van der Waals surface area contributed by atoms with Gasteiger partial charge in [-0.1, -0.05) is 28.1 Å². The van der Waals surface area contributed by atoms with Gasteiger partial charge < -0.3 is 15.7 Å². The molecule has 0 aliphatic carbocycles. The summed E-state index contributed by atoms with van der Waals surface area (Å²) >= 11 is 3.33. The third-order valence-corrected chi connectivity index (χ3v) is 3.87. The van der Waals surface area contributed by atoms with E-state index < -0.39 is 17.4 Å². The van der Waals surface area contributed by atoms with Crippen LogP contribution in [-0.2, 0) is 14.4 Å². The van der Waals surface area contributed by atoms with Crippen LogP contribution in [0.3, 0.4) is 0 Å². The van der Waals surface area contributed by atoms with Gasteiger partial charge in [0.1, 0.15) is 0 Å². The van der Waals surface area contributed by atoms with E-state index in [2.05, 4.69) is 26.6 Å². The van der Waals surface area contributed by atoms with Crippen LogP contribution in [0.25, 0.3) is 0 Å². The van der Waals surface area contributed by atoms with Crippen molar-refractivity contribution in [1.82, 2.24) is 10.6 Å². The molecule has 1 atom stereocenters. The molecule has 0 spiro atoms. The molecule has 0 radical (unpaired) electrons. The Balaban J connectivity index is 2.74. The fourth-order valence-corrected chi connectivity index (χ4v) is 2.11. The molecule has 2 amide bonds. The van der Waals surface area contributed by atoms with Crippen molar-refractivity contribution < 1.29 is 19.5 Å². The van der Waals surface area contributed by atoms with Crippen molar-refractivity contribution in [3.63, 3.8) is 0 Å². The molecule has 0 aromatic heterocycles. The Kier molecular flexibility index (Phi) is 6.75. The molecule has 0 bridgehead atoms. The van der Waals surface area contributed by atoms with Crippen molar-refractivity contribution in [1.29, 1.82) is 0 Å². The normalized spacial score (nSPS) is 12.3. The molecule has 1 rings (SSSR count). The molecule has 0 fully saturated rings. The summed E-state index contributed by atoms with van der Waals surface area (Å²) in [6.45, 7) is 4.48. The van der Waals surface area contributed by atoms with Gasteiger partial charge in [0.15, 0.2) is 0 Å². The van der Waals surface area contributed by atoms with Gasteiger partial charge in [-0.25, -0.2) is 0 Å². The first-order valence-corrected chi connectivity index (χ1v) is 7.94. The fraction of sp³-hybridized carbons (Fsp3) is 0.438. The lowest BCUT2D eigenvalue weighted by molar-refractivity contribution is -0.146. The molecule has 1 aromatic carbocycles. The monoisotopic (exact) mass is 384 g/mol. The maximum Gasteiger partial charge on any atom is 0.310 e. The van der Waals surface area contributed by atoms with Crippen molar-refractivity contribution >= 4 is 33.7 Å². The molecule has 126 valence electrons. The molecule has 1 unspecified atom stereocenters. The third kappa shape index (κ3) is 6.40. The molecular formula is C16H21BrN2O4. The smallest absolute Gasteiger partial charge is 0.310 e. The Morgan fingerprint density at radius 2 is 1.78 bits per heavy atom. The zero-order valence-electron chi connectivity index (χ0n) is 13.4. The number of halogens is 1. The number of carboxylic acids is 1. The molecule has 0 aliphatic rings. The summed E-state index contributed by atoms with van der Waals surface area (Å²) in [5.41, 5.74) is -0.243. The van der Waals surface area contributed by atoms with Gasteiger partial charge in [0.25, 0.3) is 0 Å². The Labute approximate surface area is 143 Å². The van der Waals surface area contributed by atoms with Crippen LogP contribution in [0.2, 0.25) is 0 Å². The second-order valence-corrected chi connectivity index (χ2v) is 6.89. The van der Waals surface area contributed by atoms with Crippen molar-refractivity contribution in [2.45, 2.75) is 33.2 Å². The highest BCUT2D eigenvalue weighted by atomic mass is 79.9. The molecule has 6 nitrogen and oxygen atoms in total. The first kappa shape index (κ1) is 19.2.